The van der Waals surface area contributed by atoms with Gasteiger partial charge in [-0.15, -0.1) is 0 Å². The molecule has 0 atom stereocenters. The van der Waals surface area contributed by atoms with Crippen LogP contribution in [0.15, 0.2) is 79.5 Å². The lowest BCUT2D eigenvalue weighted by atomic mass is 10.1. The third-order valence-corrected chi connectivity index (χ3v) is 8.56. The normalized spacial score (nSPS) is 17.6. The van der Waals surface area contributed by atoms with Crippen molar-refractivity contribution < 1.29 is 19.0 Å². The van der Waals surface area contributed by atoms with Crippen LogP contribution >= 0.6 is 43.6 Å². The number of ether oxygens (including phenoxy) is 3. The van der Waals surface area contributed by atoms with Gasteiger partial charge in [0.2, 0.25) is 0 Å². The van der Waals surface area contributed by atoms with Gasteiger partial charge >= 0.3 is 0 Å². The number of halogens is 2. The predicted octanol–water partition coefficient (Wildman–Crippen LogP) is 7.26. The Hall–Kier alpha value is -2.79. The summed E-state index contributed by atoms with van der Waals surface area (Å²) in [6.07, 6.45) is 1.86. The van der Waals surface area contributed by atoms with E-state index in [1.54, 1.807) is 11.9 Å². The molecule has 208 valence electrons. The van der Waals surface area contributed by atoms with Crippen molar-refractivity contribution in [2.45, 2.75) is 13.5 Å². The smallest absolute Gasteiger partial charge is 0.266 e. The number of amides is 1. The van der Waals surface area contributed by atoms with E-state index in [9.17, 15) is 4.79 Å². The van der Waals surface area contributed by atoms with Gasteiger partial charge in [-0.05, 0) is 100 Å². The summed E-state index contributed by atoms with van der Waals surface area (Å²) in [6, 6.07) is 19.9. The number of nitrogens with zero attached hydrogens (tertiary/aromatic N) is 3. The first-order valence-electron chi connectivity index (χ1n) is 12.9. The summed E-state index contributed by atoms with van der Waals surface area (Å²) in [6.45, 7) is 6.07. The Morgan fingerprint density at radius 3 is 2.45 bits per heavy atom. The van der Waals surface area contributed by atoms with Gasteiger partial charge in [0, 0.05) is 30.3 Å². The van der Waals surface area contributed by atoms with Crippen molar-refractivity contribution in [3.8, 4) is 11.5 Å². The molecular formula is C30H29Br2N3O4S. The van der Waals surface area contributed by atoms with Crippen molar-refractivity contribution in [2.75, 3.05) is 44.9 Å². The van der Waals surface area contributed by atoms with Crippen molar-refractivity contribution in [3.05, 3.63) is 85.6 Å². The Morgan fingerprint density at radius 2 is 1.75 bits per heavy atom. The fourth-order valence-electron chi connectivity index (χ4n) is 4.28. The summed E-state index contributed by atoms with van der Waals surface area (Å²) in [5, 5.41) is 0.633. The van der Waals surface area contributed by atoms with Crippen molar-refractivity contribution in [1.29, 1.82) is 0 Å². The number of amidine groups is 1. The van der Waals surface area contributed by atoms with Crippen LogP contribution in [0.25, 0.3) is 6.08 Å². The minimum Gasteiger partial charge on any atom is -0.490 e. The quantitative estimate of drug-likeness (QED) is 0.233. The first-order chi connectivity index (χ1) is 19.4. The summed E-state index contributed by atoms with van der Waals surface area (Å²) in [5.74, 6) is 1.13. The monoisotopic (exact) mass is 685 g/mol. The Balaban J connectivity index is 1.33. The number of aliphatic imine (C=N–C) groups is 1. The maximum absolute atomic E-state index is 13.1. The zero-order valence-electron chi connectivity index (χ0n) is 22.2. The number of anilines is 1. The lowest BCUT2D eigenvalue weighted by Crippen LogP contribution is -2.36. The maximum Gasteiger partial charge on any atom is 0.266 e. The number of morpholine rings is 1. The molecule has 0 aromatic heterocycles. The second kappa shape index (κ2) is 13.2. The van der Waals surface area contributed by atoms with Crippen LogP contribution < -0.4 is 14.4 Å². The predicted molar refractivity (Wildman–Crippen MR) is 169 cm³/mol. The van der Waals surface area contributed by atoms with Gasteiger partial charge in [-0.1, -0.05) is 28.1 Å². The minimum absolute atomic E-state index is 0.0988. The van der Waals surface area contributed by atoms with Gasteiger partial charge in [0.05, 0.1) is 34.9 Å². The number of likely N-dealkylation sites (N-methyl/N-ethyl adjacent to an activating group) is 1. The summed E-state index contributed by atoms with van der Waals surface area (Å²) < 4.78 is 19.2. The lowest BCUT2D eigenvalue weighted by molar-refractivity contribution is -0.121. The fourth-order valence-corrected chi connectivity index (χ4v) is 6.11. The minimum atomic E-state index is -0.0988. The van der Waals surface area contributed by atoms with E-state index in [1.807, 2.05) is 61.5 Å². The molecule has 7 nitrogen and oxygen atoms in total. The van der Waals surface area contributed by atoms with Crippen LogP contribution in [0.4, 0.5) is 11.4 Å². The molecule has 0 bridgehead atoms. The molecule has 0 radical (unpaired) electrons. The van der Waals surface area contributed by atoms with Gasteiger partial charge in [0.25, 0.3) is 5.91 Å². The number of rotatable bonds is 8. The molecule has 2 fully saturated rings. The first kappa shape index (κ1) is 28.7. The van der Waals surface area contributed by atoms with Gasteiger partial charge in [0.1, 0.15) is 6.61 Å². The molecule has 0 saturated carbocycles. The molecule has 10 heteroatoms. The Kier molecular flexibility index (Phi) is 9.52. The molecule has 0 aliphatic carbocycles. The van der Waals surface area contributed by atoms with Crippen LogP contribution in [0.3, 0.4) is 0 Å². The van der Waals surface area contributed by atoms with E-state index in [0.29, 0.717) is 34.8 Å². The van der Waals surface area contributed by atoms with E-state index in [-0.39, 0.29) is 5.91 Å². The van der Waals surface area contributed by atoms with Crippen molar-refractivity contribution in [1.82, 2.24) is 4.90 Å². The molecule has 40 heavy (non-hydrogen) atoms. The van der Waals surface area contributed by atoms with Crippen LogP contribution in [-0.4, -0.2) is 55.9 Å². The molecule has 2 aliphatic heterocycles. The van der Waals surface area contributed by atoms with E-state index < -0.39 is 0 Å². The molecule has 0 spiro atoms. The van der Waals surface area contributed by atoms with Gasteiger partial charge in [-0.2, -0.15) is 0 Å². The number of carbonyl (C=O) groups is 1. The molecule has 0 unspecified atom stereocenters. The Labute approximate surface area is 255 Å². The number of benzene rings is 3. The van der Waals surface area contributed by atoms with E-state index in [1.165, 1.54) is 11.8 Å². The van der Waals surface area contributed by atoms with Crippen LogP contribution in [-0.2, 0) is 16.1 Å². The highest BCUT2D eigenvalue weighted by molar-refractivity contribution is 9.10. The van der Waals surface area contributed by atoms with E-state index >= 15 is 0 Å². The highest BCUT2D eigenvalue weighted by Crippen LogP contribution is 2.40. The molecule has 0 N–H and O–H groups in total. The van der Waals surface area contributed by atoms with Crippen molar-refractivity contribution in [2.24, 2.45) is 4.99 Å². The van der Waals surface area contributed by atoms with Gasteiger partial charge < -0.3 is 19.1 Å². The van der Waals surface area contributed by atoms with Gasteiger partial charge in [-0.3, -0.25) is 9.69 Å². The lowest BCUT2D eigenvalue weighted by Gasteiger charge is -2.28. The number of hydrogen-bond acceptors (Lipinski definition) is 7. The Morgan fingerprint density at radius 1 is 1.02 bits per heavy atom. The molecule has 2 saturated heterocycles. The van der Waals surface area contributed by atoms with Gasteiger partial charge in [0.15, 0.2) is 16.7 Å². The number of hydrogen-bond donors (Lipinski definition) is 0. The summed E-state index contributed by atoms with van der Waals surface area (Å²) >= 11 is 8.46. The topological polar surface area (TPSA) is 63.6 Å². The average Bonchev–Trinajstić information content (AvgIpc) is 3.22. The third kappa shape index (κ3) is 6.91. The summed E-state index contributed by atoms with van der Waals surface area (Å²) in [7, 11) is 1.75. The molecular weight excluding hydrogens is 658 g/mol. The van der Waals surface area contributed by atoms with Crippen LogP contribution in [0, 0.1) is 0 Å². The van der Waals surface area contributed by atoms with E-state index in [0.717, 1.165) is 57.8 Å². The first-order valence-corrected chi connectivity index (χ1v) is 15.3. The largest absolute Gasteiger partial charge is 0.490 e. The van der Waals surface area contributed by atoms with Gasteiger partial charge in [-0.25, -0.2) is 4.99 Å². The number of thioether (sulfide) groups is 1. The van der Waals surface area contributed by atoms with Crippen LogP contribution in [0.5, 0.6) is 11.5 Å². The van der Waals surface area contributed by atoms with Crippen LogP contribution in [0.1, 0.15) is 18.1 Å². The maximum atomic E-state index is 13.1. The van der Waals surface area contributed by atoms with Crippen LogP contribution in [0.2, 0.25) is 0 Å². The second-order valence-corrected chi connectivity index (χ2v) is 11.9. The third-order valence-electron chi connectivity index (χ3n) is 6.38. The molecule has 2 aliphatic rings. The van der Waals surface area contributed by atoms with E-state index in [4.69, 9.17) is 19.2 Å². The standard InChI is InChI=1S/C30H29Br2N3O4S/c1-3-38-26-17-21(16-25(32)28(26)39-19-20-4-6-22(31)7-5-20)18-27-29(36)34(2)30(40-27)33-23-8-10-24(11-9-23)35-12-14-37-15-13-35/h4-11,16-18H,3,12-15,19H2,1-2H3/b27-18-,33-30?. The Bertz CT molecular complexity index is 1420. The summed E-state index contributed by atoms with van der Waals surface area (Å²) in [4.78, 5) is 22.3. The molecule has 3 aromatic carbocycles. The molecule has 1 amide bonds. The molecule has 5 rings (SSSR count). The van der Waals surface area contributed by atoms with Crippen molar-refractivity contribution in [3.63, 3.8) is 0 Å². The zero-order valence-corrected chi connectivity index (χ0v) is 26.2. The highest BCUT2D eigenvalue weighted by Gasteiger charge is 2.30. The second-order valence-electron chi connectivity index (χ2n) is 9.16. The SMILES string of the molecule is CCOc1cc(/C=C2\SC(=Nc3ccc(N4CCOCC4)cc3)N(C)C2=O)cc(Br)c1OCc1ccc(Br)cc1. The number of carbonyl (C=O) groups excluding carboxylic acids is 1. The zero-order chi connectivity index (χ0) is 28.1. The molecule has 2 heterocycles. The average molecular weight is 687 g/mol. The highest BCUT2D eigenvalue weighted by atomic mass is 79.9. The summed E-state index contributed by atoms with van der Waals surface area (Å²) in [5.41, 5.74) is 3.82. The fraction of sp³-hybridized carbons (Fsp3) is 0.267. The van der Waals surface area contributed by atoms with E-state index in [2.05, 4.69) is 48.9 Å². The van der Waals surface area contributed by atoms with Crippen molar-refractivity contribution >= 4 is 72.1 Å². The molecule has 3 aromatic rings.